The lowest BCUT2D eigenvalue weighted by molar-refractivity contribution is -0.201. The van der Waals surface area contributed by atoms with Crippen molar-refractivity contribution in [2.24, 2.45) is 23.7 Å². The van der Waals surface area contributed by atoms with E-state index in [0.717, 1.165) is 5.56 Å². The van der Waals surface area contributed by atoms with Crippen molar-refractivity contribution in [1.82, 2.24) is 0 Å². The van der Waals surface area contributed by atoms with Crippen molar-refractivity contribution < 1.29 is 14.7 Å². The highest BCUT2D eigenvalue weighted by Gasteiger charge is 2.71. The number of ketones is 2. The van der Waals surface area contributed by atoms with Gasteiger partial charge in [0.2, 0.25) is 0 Å². The summed E-state index contributed by atoms with van der Waals surface area (Å²) in [5.41, 5.74) is -0.455. The lowest BCUT2D eigenvalue weighted by Gasteiger charge is -2.65. The zero-order valence-corrected chi connectivity index (χ0v) is 12.4. The van der Waals surface area contributed by atoms with Crippen LogP contribution in [0.1, 0.15) is 32.3 Å². The molecule has 3 heteroatoms. The Balaban J connectivity index is 1.94. The van der Waals surface area contributed by atoms with E-state index in [2.05, 4.69) is 0 Å². The maximum atomic E-state index is 12.6. The number of aliphatic hydroxyl groups is 1. The first-order valence-corrected chi connectivity index (χ1v) is 7.75. The molecule has 6 atom stereocenters. The molecule has 110 valence electrons. The maximum Gasteiger partial charge on any atom is 0.149 e. The van der Waals surface area contributed by atoms with Crippen molar-refractivity contribution in [3.8, 4) is 0 Å². The van der Waals surface area contributed by atoms with E-state index in [1.165, 1.54) is 0 Å². The number of hydrogen-bond donors (Lipinski definition) is 1. The average molecular weight is 284 g/mol. The van der Waals surface area contributed by atoms with Crippen LogP contribution in [0.3, 0.4) is 0 Å². The van der Waals surface area contributed by atoms with Gasteiger partial charge in [0.1, 0.15) is 11.6 Å². The molecule has 4 aliphatic carbocycles. The van der Waals surface area contributed by atoms with Crippen LogP contribution in [0.5, 0.6) is 0 Å². The molecule has 4 aliphatic rings. The summed E-state index contributed by atoms with van der Waals surface area (Å²) in [6.07, 6.45) is 1.14. The first-order chi connectivity index (χ1) is 9.90. The Hall–Kier alpha value is -1.48. The van der Waals surface area contributed by atoms with Gasteiger partial charge in [-0.3, -0.25) is 9.59 Å². The third kappa shape index (κ3) is 1.34. The Morgan fingerprint density at radius 1 is 1.10 bits per heavy atom. The van der Waals surface area contributed by atoms with E-state index in [1.807, 2.05) is 37.3 Å². The molecule has 0 aliphatic heterocycles. The van der Waals surface area contributed by atoms with Gasteiger partial charge in [-0.05, 0) is 31.2 Å². The fourth-order valence-electron chi connectivity index (χ4n) is 5.45. The first kappa shape index (κ1) is 13.2. The molecular formula is C18H20O3. The molecule has 0 radical (unpaired) electrons. The monoisotopic (exact) mass is 284 g/mol. The molecule has 5 rings (SSSR count). The quantitative estimate of drug-likeness (QED) is 0.804. The second-order valence-corrected chi connectivity index (χ2v) is 7.30. The number of hydrogen-bond acceptors (Lipinski definition) is 3. The number of Topliss-reactive ketones (excluding diaryl/α,β-unsaturated/α-hetero) is 2. The number of carbonyl (C=O) groups excluding carboxylic acids is 2. The first-order valence-electron chi connectivity index (χ1n) is 7.75. The highest BCUT2D eigenvalue weighted by Crippen LogP contribution is 2.64. The summed E-state index contributed by atoms with van der Waals surface area (Å²) in [5.74, 6) is -0.940. The topological polar surface area (TPSA) is 54.4 Å². The van der Waals surface area contributed by atoms with Crippen molar-refractivity contribution in [3.05, 3.63) is 35.9 Å². The van der Waals surface area contributed by atoms with E-state index in [1.54, 1.807) is 6.92 Å². The minimum Gasteiger partial charge on any atom is -0.388 e. The summed E-state index contributed by atoms with van der Waals surface area (Å²) in [4.78, 5) is 25.1. The molecule has 4 bridgehead atoms. The molecule has 21 heavy (non-hydrogen) atoms. The van der Waals surface area contributed by atoms with Crippen LogP contribution in [0.25, 0.3) is 0 Å². The van der Waals surface area contributed by atoms with Crippen molar-refractivity contribution in [2.75, 3.05) is 0 Å². The third-order valence-electron chi connectivity index (χ3n) is 6.54. The lowest BCUT2D eigenvalue weighted by atomic mass is 9.38. The van der Waals surface area contributed by atoms with E-state index in [-0.39, 0.29) is 23.4 Å². The summed E-state index contributed by atoms with van der Waals surface area (Å²) in [6.45, 7) is 3.76. The van der Waals surface area contributed by atoms with Crippen LogP contribution in [0, 0.1) is 23.7 Å². The van der Waals surface area contributed by atoms with Crippen molar-refractivity contribution in [1.29, 1.82) is 0 Å². The molecular weight excluding hydrogens is 264 g/mol. The summed E-state index contributed by atoms with van der Waals surface area (Å²) >= 11 is 0. The van der Waals surface area contributed by atoms with Crippen LogP contribution < -0.4 is 0 Å². The van der Waals surface area contributed by atoms with Crippen LogP contribution in [0.4, 0.5) is 0 Å². The predicted molar refractivity (Wildman–Crippen MR) is 77.6 cm³/mol. The zero-order valence-electron chi connectivity index (χ0n) is 12.4. The van der Waals surface area contributed by atoms with E-state index >= 15 is 0 Å². The second kappa shape index (κ2) is 3.83. The second-order valence-electron chi connectivity index (χ2n) is 7.30. The van der Waals surface area contributed by atoms with Gasteiger partial charge in [-0.1, -0.05) is 37.3 Å². The summed E-state index contributed by atoms with van der Waals surface area (Å²) in [7, 11) is 0. The van der Waals surface area contributed by atoms with Crippen molar-refractivity contribution in [3.63, 3.8) is 0 Å². The SMILES string of the molecule is CC1[C@@H]2C[C@@]3(c4ccccc4)C[C@@H](C2=O)C(=O)[C@@H]1[C@@]3(C)O. The third-order valence-corrected chi connectivity index (χ3v) is 6.54. The fourth-order valence-corrected chi connectivity index (χ4v) is 5.45. The van der Waals surface area contributed by atoms with Crippen LogP contribution >= 0.6 is 0 Å². The average Bonchev–Trinajstić information content (AvgIpc) is 2.45. The van der Waals surface area contributed by atoms with Crippen LogP contribution in [0.2, 0.25) is 0 Å². The van der Waals surface area contributed by atoms with Crippen molar-refractivity contribution >= 4 is 11.6 Å². The molecule has 0 aromatic heterocycles. The molecule has 0 heterocycles. The van der Waals surface area contributed by atoms with Gasteiger partial charge in [-0.25, -0.2) is 0 Å². The van der Waals surface area contributed by atoms with Gasteiger partial charge in [-0.15, -0.1) is 0 Å². The van der Waals surface area contributed by atoms with Gasteiger partial charge in [0.05, 0.1) is 17.4 Å². The molecule has 1 N–H and O–H groups in total. The van der Waals surface area contributed by atoms with E-state index < -0.39 is 22.9 Å². The molecule has 4 saturated carbocycles. The summed E-state index contributed by atoms with van der Waals surface area (Å²) < 4.78 is 0. The van der Waals surface area contributed by atoms with Gasteiger partial charge in [0, 0.05) is 11.3 Å². The zero-order chi connectivity index (χ0) is 15.0. The highest BCUT2D eigenvalue weighted by molar-refractivity contribution is 6.09. The van der Waals surface area contributed by atoms with Crippen LogP contribution in [-0.2, 0) is 15.0 Å². The molecule has 0 amide bonds. The summed E-state index contributed by atoms with van der Waals surface area (Å²) in [5, 5.41) is 11.3. The smallest absolute Gasteiger partial charge is 0.149 e. The number of carbonyl (C=O) groups is 2. The highest BCUT2D eigenvalue weighted by atomic mass is 16.3. The standard InChI is InChI=1S/C18H20O3/c1-10-12-8-18(11-6-4-3-5-7-11)9-13(15(12)19)16(20)14(10)17(18,2)21/h3-7,10,12-14,21H,8-9H2,1-2H3/t10?,12-,13-,14+,17+,18-/m0/s1. The Labute approximate surface area is 124 Å². The Bertz CT molecular complexity index is 633. The molecule has 3 nitrogen and oxygen atoms in total. The minimum absolute atomic E-state index is 0.0278. The summed E-state index contributed by atoms with van der Waals surface area (Å²) in [6, 6.07) is 9.95. The maximum absolute atomic E-state index is 12.6. The van der Waals surface area contributed by atoms with E-state index in [4.69, 9.17) is 0 Å². The van der Waals surface area contributed by atoms with Crippen LogP contribution in [-0.4, -0.2) is 22.3 Å². The van der Waals surface area contributed by atoms with E-state index in [9.17, 15) is 14.7 Å². The normalized spacial score (nSPS) is 48.0. The molecule has 1 unspecified atom stereocenters. The number of rotatable bonds is 1. The van der Waals surface area contributed by atoms with Gasteiger partial charge in [0.15, 0.2) is 0 Å². The van der Waals surface area contributed by atoms with Crippen LogP contribution in [0.15, 0.2) is 30.3 Å². The molecule has 1 aromatic carbocycles. The van der Waals surface area contributed by atoms with Gasteiger partial charge >= 0.3 is 0 Å². The lowest BCUT2D eigenvalue weighted by Crippen LogP contribution is -2.73. The number of benzene rings is 1. The largest absolute Gasteiger partial charge is 0.388 e. The predicted octanol–water partition coefficient (Wildman–Crippen LogP) is 2.12. The fraction of sp³-hybridized carbons (Fsp3) is 0.556. The van der Waals surface area contributed by atoms with Gasteiger partial charge in [0.25, 0.3) is 0 Å². The minimum atomic E-state index is -1.07. The Kier molecular flexibility index (Phi) is 2.41. The molecule has 4 fully saturated rings. The Morgan fingerprint density at radius 3 is 2.43 bits per heavy atom. The van der Waals surface area contributed by atoms with Gasteiger partial charge < -0.3 is 5.11 Å². The molecule has 0 saturated heterocycles. The molecule has 1 aromatic rings. The van der Waals surface area contributed by atoms with E-state index in [0.29, 0.717) is 12.8 Å². The Morgan fingerprint density at radius 2 is 1.76 bits per heavy atom. The molecule has 0 spiro atoms. The van der Waals surface area contributed by atoms with Gasteiger partial charge in [-0.2, -0.15) is 0 Å². The van der Waals surface area contributed by atoms with Crippen molar-refractivity contribution in [2.45, 2.75) is 37.7 Å².